The molecule has 1 fully saturated rings. The van der Waals surface area contributed by atoms with Crippen LogP contribution in [-0.2, 0) is 0 Å². The van der Waals surface area contributed by atoms with Gasteiger partial charge in [-0.25, -0.2) is 0 Å². The Morgan fingerprint density at radius 1 is 1.24 bits per heavy atom. The molecular weight excluding hydrogens is 208 g/mol. The highest BCUT2D eigenvalue weighted by molar-refractivity contribution is 4.85. The molecule has 2 heteroatoms. The van der Waals surface area contributed by atoms with E-state index in [1.54, 1.807) is 0 Å². The predicted molar refractivity (Wildman–Crippen MR) is 76.4 cm³/mol. The minimum atomic E-state index is 0.681. The van der Waals surface area contributed by atoms with Crippen LogP contribution in [0.25, 0.3) is 0 Å². The van der Waals surface area contributed by atoms with Gasteiger partial charge < -0.3 is 5.32 Å². The van der Waals surface area contributed by atoms with Crippen molar-refractivity contribution in [2.45, 2.75) is 65.5 Å². The Bertz CT molecular complexity index is 203. The summed E-state index contributed by atoms with van der Waals surface area (Å²) in [5.41, 5.74) is 0. The lowest BCUT2D eigenvalue weighted by Crippen LogP contribution is -2.51. The topological polar surface area (TPSA) is 15.3 Å². The van der Waals surface area contributed by atoms with Gasteiger partial charge in [0.25, 0.3) is 0 Å². The molecule has 2 nitrogen and oxygen atoms in total. The summed E-state index contributed by atoms with van der Waals surface area (Å²) >= 11 is 0. The summed E-state index contributed by atoms with van der Waals surface area (Å²) in [5, 5.41) is 3.52. The number of nitrogens with zero attached hydrogens (tertiary/aromatic N) is 1. The second-order valence-corrected chi connectivity index (χ2v) is 6.11. The van der Waals surface area contributed by atoms with E-state index in [1.807, 2.05) is 0 Å². The highest BCUT2D eigenvalue weighted by Crippen LogP contribution is 2.29. The minimum absolute atomic E-state index is 0.681. The zero-order valence-corrected chi connectivity index (χ0v) is 12.5. The van der Waals surface area contributed by atoms with Gasteiger partial charge in [-0.05, 0) is 38.3 Å². The molecule has 1 saturated carbocycles. The summed E-state index contributed by atoms with van der Waals surface area (Å²) in [5.74, 6) is 1.60. The van der Waals surface area contributed by atoms with Crippen molar-refractivity contribution >= 4 is 0 Å². The fourth-order valence-electron chi connectivity index (χ4n) is 3.29. The highest BCUT2D eigenvalue weighted by Gasteiger charge is 2.30. The molecule has 0 heterocycles. The molecule has 0 aromatic carbocycles. The summed E-state index contributed by atoms with van der Waals surface area (Å²) in [4.78, 5) is 2.66. The molecule has 0 aliphatic heterocycles. The Morgan fingerprint density at radius 3 is 2.41 bits per heavy atom. The highest BCUT2D eigenvalue weighted by atomic mass is 15.2. The van der Waals surface area contributed by atoms with Gasteiger partial charge in [0.15, 0.2) is 0 Å². The summed E-state index contributed by atoms with van der Waals surface area (Å²) in [6.45, 7) is 11.6. The van der Waals surface area contributed by atoms with Gasteiger partial charge in [-0.3, -0.25) is 4.90 Å². The number of hydrogen-bond donors (Lipinski definition) is 1. The smallest absolute Gasteiger partial charge is 0.0243 e. The molecule has 1 aliphatic rings. The molecule has 0 amide bonds. The van der Waals surface area contributed by atoms with Crippen molar-refractivity contribution in [2.75, 3.05) is 20.1 Å². The van der Waals surface area contributed by atoms with Crippen LogP contribution in [0.5, 0.6) is 0 Å². The molecule has 0 aromatic rings. The Labute approximate surface area is 108 Å². The second kappa shape index (κ2) is 7.38. The minimum Gasteiger partial charge on any atom is -0.315 e. The Hall–Kier alpha value is -0.0800. The first-order valence-electron chi connectivity index (χ1n) is 7.50. The van der Waals surface area contributed by atoms with Crippen molar-refractivity contribution < 1.29 is 0 Å². The monoisotopic (exact) mass is 240 g/mol. The van der Waals surface area contributed by atoms with Crippen molar-refractivity contribution in [3.63, 3.8) is 0 Å². The van der Waals surface area contributed by atoms with Gasteiger partial charge in [-0.1, -0.05) is 40.5 Å². The van der Waals surface area contributed by atoms with Crippen LogP contribution < -0.4 is 5.32 Å². The molecule has 1 rings (SSSR count). The Morgan fingerprint density at radius 2 is 1.88 bits per heavy atom. The maximum atomic E-state index is 3.52. The van der Waals surface area contributed by atoms with Gasteiger partial charge in [-0.15, -0.1) is 0 Å². The molecule has 3 atom stereocenters. The summed E-state index contributed by atoms with van der Waals surface area (Å²) in [6.07, 6.45) is 5.67. The molecule has 17 heavy (non-hydrogen) atoms. The third-order valence-electron chi connectivity index (χ3n) is 4.49. The van der Waals surface area contributed by atoms with Crippen LogP contribution in [0, 0.1) is 11.8 Å². The molecule has 3 unspecified atom stereocenters. The van der Waals surface area contributed by atoms with Gasteiger partial charge in [-0.2, -0.15) is 0 Å². The van der Waals surface area contributed by atoms with E-state index >= 15 is 0 Å². The first-order valence-corrected chi connectivity index (χ1v) is 7.50. The Kier molecular flexibility index (Phi) is 6.50. The molecule has 0 saturated heterocycles. The fraction of sp³-hybridized carbons (Fsp3) is 1.00. The van der Waals surface area contributed by atoms with E-state index in [-0.39, 0.29) is 0 Å². The van der Waals surface area contributed by atoms with E-state index in [9.17, 15) is 0 Å². The average Bonchev–Trinajstić information content (AvgIpc) is 2.29. The molecule has 1 aliphatic carbocycles. The van der Waals surface area contributed by atoms with Crippen molar-refractivity contribution in [1.82, 2.24) is 10.2 Å². The molecule has 1 N–H and O–H groups in total. The fourth-order valence-corrected chi connectivity index (χ4v) is 3.29. The number of rotatable bonds is 6. The normalized spacial score (nSPS) is 27.7. The molecule has 0 aromatic heterocycles. The van der Waals surface area contributed by atoms with Crippen molar-refractivity contribution in [1.29, 1.82) is 0 Å². The van der Waals surface area contributed by atoms with Gasteiger partial charge >= 0.3 is 0 Å². The number of nitrogens with one attached hydrogen (secondary N) is 1. The standard InChI is InChI=1S/C15H32N2/c1-6-16-11-15(12(2)3)17(5)14-10-8-7-9-13(14)4/h12-16H,6-11H2,1-5H3. The summed E-state index contributed by atoms with van der Waals surface area (Å²) in [7, 11) is 2.34. The number of likely N-dealkylation sites (N-methyl/N-ethyl adjacent to an activating group) is 2. The van der Waals surface area contributed by atoms with E-state index in [2.05, 4.69) is 45.0 Å². The first kappa shape index (κ1) is 15.0. The van der Waals surface area contributed by atoms with Crippen molar-refractivity contribution in [3.8, 4) is 0 Å². The van der Waals surface area contributed by atoms with Crippen LogP contribution in [-0.4, -0.2) is 37.1 Å². The zero-order chi connectivity index (χ0) is 12.8. The van der Waals surface area contributed by atoms with Gasteiger partial charge in [0, 0.05) is 18.6 Å². The zero-order valence-electron chi connectivity index (χ0n) is 12.5. The predicted octanol–water partition coefficient (Wildman–Crippen LogP) is 3.13. The molecular formula is C15H32N2. The average molecular weight is 240 g/mol. The van der Waals surface area contributed by atoms with Crippen LogP contribution in [0.3, 0.4) is 0 Å². The number of hydrogen-bond acceptors (Lipinski definition) is 2. The van der Waals surface area contributed by atoms with Crippen molar-refractivity contribution in [2.24, 2.45) is 11.8 Å². The van der Waals surface area contributed by atoms with Crippen LogP contribution >= 0.6 is 0 Å². The van der Waals surface area contributed by atoms with Crippen LogP contribution in [0.1, 0.15) is 53.4 Å². The van der Waals surface area contributed by atoms with Crippen LogP contribution in [0.2, 0.25) is 0 Å². The van der Waals surface area contributed by atoms with E-state index in [1.165, 1.54) is 25.7 Å². The third kappa shape index (κ3) is 4.26. The lowest BCUT2D eigenvalue weighted by Gasteiger charge is -2.42. The Balaban J connectivity index is 2.58. The largest absolute Gasteiger partial charge is 0.315 e. The van der Waals surface area contributed by atoms with Gasteiger partial charge in [0.2, 0.25) is 0 Å². The lowest BCUT2D eigenvalue weighted by molar-refractivity contribution is 0.0741. The van der Waals surface area contributed by atoms with E-state index in [0.717, 1.165) is 31.0 Å². The summed E-state index contributed by atoms with van der Waals surface area (Å²) < 4.78 is 0. The van der Waals surface area contributed by atoms with Crippen molar-refractivity contribution in [3.05, 3.63) is 0 Å². The third-order valence-corrected chi connectivity index (χ3v) is 4.49. The van der Waals surface area contributed by atoms with Crippen LogP contribution in [0.15, 0.2) is 0 Å². The lowest BCUT2D eigenvalue weighted by atomic mass is 9.83. The van der Waals surface area contributed by atoms with Gasteiger partial charge in [0.05, 0.1) is 0 Å². The van der Waals surface area contributed by atoms with E-state index in [4.69, 9.17) is 0 Å². The molecule has 0 spiro atoms. The van der Waals surface area contributed by atoms with E-state index < -0.39 is 0 Å². The molecule has 0 radical (unpaired) electrons. The molecule has 102 valence electrons. The maximum absolute atomic E-state index is 3.52. The first-order chi connectivity index (χ1) is 8.07. The quantitative estimate of drug-likeness (QED) is 0.767. The SMILES string of the molecule is CCNCC(C(C)C)N(C)C1CCCCC1C. The maximum Gasteiger partial charge on any atom is 0.0243 e. The van der Waals surface area contributed by atoms with E-state index in [0.29, 0.717) is 6.04 Å². The molecule has 0 bridgehead atoms. The van der Waals surface area contributed by atoms with Crippen LogP contribution in [0.4, 0.5) is 0 Å². The second-order valence-electron chi connectivity index (χ2n) is 6.11. The van der Waals surface area contributed by atoms with Gasteiger partial charge in [0.1, 0.15) is 0 Å². The summed E-state index contributed by atoms with van der Waals surface area (Å²) in [6, 6.07) is 1.48.